The minimum Gasteiger partial charge on any atom is -0.446 e. The van der Waals surface area contributed by atoms with Crippen LogP contribution >= 0.6 is 0 Å². The van der Waals surface area contributed by atoms with Gasteiger partial charge in [0, 0.05) is 49.4 Å². The molecule has 2 heterocycles. The first-order chi connectivity index (χ1) is 19.1. The van der Waals surface area contributed by atoms with Gasteiger partial charge in [0.1, 0.15) is 12.4 Å². The largest absolute Gasteiger partial charge is 0.446 e. The zero-order valence-electron chi connectivity index (χ0n) is 22.8. The molecule has 2 amide bonds. The van der Waals surface area contributed by atoms with Crippen LogP contribution in [0.1, 0.15) is 53.0 Å². The molecule has 39 heavy (non-hydrogen) atoms. The van der Waals surface area contributed by atoms with Crippen LogP contribution in [0.4, 0.5) is 10.5 Å². The van der Waals surface area contributed by atoms with Crippen LogP contribution in [0.15, 0.2) is 72.8 Å². The van der Waals surface area contributed by atoms with Crippen LogP contribution < -0.4 is 5.32 Å². The number of carbonyl (C=O) groups excluding carboxylic acids is 3. The number of rotatable bonds is 7. The summed E-state index contributed by atoms with van der Waals surface area (Å²) in [6, 6.07) is 23.0. The SMILES string of the molecule is CC.O=Cc1ccc2c(c1)C(=O)N(CCN1CCC(OC(=O)Nc3ccccc3-c3ccccc3)CC1)CC2. The lowest BCUT2D eigenvalue weighted by Crippen LogP contribution is -2.45. The van der Waals surface area contributed by atoms with Gasteiger partial charge in [-0.15, -0.1) is 0 Å². The van der Waals surface area contributed by atoms with E-state index in [0.717, 1.165) is 67.6 Å². The number of nitrogens with one attached hydrogen (secondary N) is 1. The summed E-state index contributed by atoms with van der Waals surface area (Å²) < 4.78 is 5.74. The maximum Gasteiger partial charge on any atom is 0.411 e. The molecule has 3 aromatic carbocycles. The van der Waals surface area contributed by atoms with E-state index in [1.165, 1.54) is 0 Å². The molecule has 0 radical (unpaired) electrons. The highest BCUT2D eigenvalue weighted by atomic mass is 16.6. The Morgan fingerprint density at radius 1 is 0.923 bits per heavy atom. The smallest absolute Gasteiger partial charge is 0.411 e. The van der Waals surface area contributed by atoms with Crippen LogP contribution in [-0.4, -0.2) is 66.9 Å². The second-order valence-corrected chi connectivity index (χ2v) is 9.56. The van der Waals surface area contributed by atoms with Crippen molar-refractivity contribution in [2.75, 3.05) is 38.0 Å². The number of aldehydes is 1. The second kappa shape index (κ2) is 13.7. The molecule has 1 fully saturated rings. The summed E-state index contributed by atoms with van der Waals surface area (Å²) in [4.78, 5) is 40.9. The highest BCUT2D eigenvalue weighted by Crippen LogP contribution is 2.28. The summed E-state index contributed by atoms with van der Waals surface area (Å²) in [5, 5.41) is 2.92. The third-order valence-electron chi connectivity index (χ3n) is 7.18. The minimum absolute atomic E-state index is 0.00405. The van der Waals surface area contributed by atoms with E-state index >= 15 is 0 Å². The molecule has 0 saturated carbocycles. The standard InChI is InChI=1S/C30H31N3O4.C2H6/c34-21-22-10-11-24-12-17-33(29(35)27(24)20-22)19-18-32-15-13-25(14-16-32)37-30(36)31-28-9-5-4-8-26(28)23-6-2-1-3-7-23;1-2/h1-11,20-21,25H,12-19H2,(H,31,36);1-2H3. The Morgan fingerprint density at radius 2 is 1.64 bits per heavy atom. The predicted octanol–water partition coefficient (Wildman–Crippen LogP) is 5.90. The fourth-order valence-electron chi connectivity index (χ4n) is 5.09. The predicted molar refractivity (Wildman–Crippen MR) is 154 cm³/mol. The molecule has 0 aromatic heterocycles. The number of hydrogen-bond acceptors (Lipinski definition) is 5. The van der Waals surface area contributed by atoms with Gasteiger partial charge in [-0.1, -0.05) is 74.5 Å². The van der Waals surface area contributed by atoms with Gasteiger partial charge < -0.3 is 14.5 Å². The van der Waals surface area contributed by atoms with Gasteiger partial charge in [0.25, 0.3) is 5.91 Å². The number of amides is 2. The number of anilines is 1. The average Bonchev–Trinajstić information content (AvgIpc) is 2.99. The highest BCUT2D eigenvalue weighted by Gasteiger charge is 2.27. The van der Waals surface area contributed by atoms with Crippen molar-refractivity contribution in [3.8, 4) is 11.1 Å². The number of ether oxygens (including phenoxy) is 1. The molecule has 2 aliphatic rings. The Balaban J connectivity index is 0.00000172. The Bertz CT molecular complexity index is 1270. The Morgan fingerprint density at radius 3 is 2.38 bits per heavy atom. The van der Waals surface area contributed by atoms with Crippen molar-refractivity contribution in [1.29, 1.82) is 0 Å². The number of fused-ring (bicyclic) bond motifs is 1. The van der Waals surface area contributed by atoms with Gasteiger partial charge in [0.05, 0.1) is 5.69 Å². The van der Waals surface area contributed by atoms with E-state index in [4.69, 9.17) is 4.74 Å². The van der Waals surface area contributed by atoms with Crippen molar-refractivity contribution >= 4 is 24.0 Å². The normalized spacial score (nSPS) is 15.5. The van der Waals surface area contributed by atoms with Gasteiger partial charge in [-0.2, -0.15) is 0 Å². The lowest BCUT2D eigenvalue weighted by molar-refractivity contribution is 0.0517. The number of para-hydroxylation sites is 1. The maximum absolute atomic E-state index is 12.9. The molecule has 1 N–H and O–H groups in total. The Labute approximate surface area is 230 Å². The van der Waals surface area contributed by atoms with E-state index in [2.05, 4.69) is 10.2 Å². The molecule has 5 rings (SSSR count). The summed E-state index contributed by atoms with van der Waals surface area (Å²) in [6.07, 6.45) is 2.53. The average molecular weight is 528 g/mol. The first kappa shape index (κ1) is 28.0. The fraction of sp³-hybridized carbons (Fsp3) is 0.344. The van der Waals surface area contributed by atoms with Crippen LogP contribution in [0.5, 0.6) is 0 Å². The number of carbonyl (C=O) groups is 3. The van der Waals surface area contributed by atoms with Crippen LogP contribution in [0.2, 0.25) is 0 Å². The van der Waals surface area contributed by atoms with Gasteiger partial charge in [-0.3, -0.25) is 14.9 Å². The Hall–Kier alpha value is -3.97. The molecule has 3 aromatic rings. The summed E-state index contributed by atoms with van der Waals surface area (Å²) in [5.74, 6) is -0.00405. The molecular weight excluding hydrogens is 490 g/mol. The monoisotopic (exact) mass is 527 g/mol. The van der Waals surface area contributed by atoms with Crippen molar-refractivity contribution in [1.82, 2.24) is 9.80 Å². The van der Waals surface area contributed by atoms with E-state index in [9.17, 15) is 14.4 Å². The van der Waals surface area contributed by atoms with Gasteiger partial charge in [0.2, 0.25) is 0 Å². The van der Waals surface area contributed by atoms with Gasteiger partial charge in [0.15, 0.2) is 0 Å². The first-order valence-electron chi connectivity index (χ1n) is 13.8. The third-order valence-corrected chi connectivity index (χ3v) is 7.18. The van der Waals surface area contributed by atoms with Gasteiger partial charge in [-0.25, -0.2) is 4.79 Å². The summed E-state index contributed by atoms with van der Waals surface area (Å²) in [7, 11) is 0. The number of hydrogen-bond donors (Lipinski definition) is 1. The van der Waals surface area contributed by atoms with Gasteiger partial charge in [-0.05, 0) is 42.5 Å². The van der Waals surface area contributed by atoms with E-state index in [0.29, 0.717) is 24.2 Å². The quantitative estimate of drug-likeness (QED) is 0.387. The van der Waals surface area contributed by atoms with Crippen molar-refractivity contribution in [2.45, 2.75) is 39.2 Å². The molecule has 0 spiro atoms. The van der Waals surface area contributed by atoms with Crippen LogP contribution in [-0.2, 0) is 11.2 Å². The summed E-state index contributed by atoms with van der Waals surface area (Å²) in [6.45, 7) is 7.74. The highest BCUT2D eigenvalue weighted by molar-refractivity contribution is 5.98. The van der Waals surface area contributed by atoms with E-state index in [-0.39, 0.29) is 12.0 Å². The molecule has 0 atom stereocenters. The van der Waals surface area contributed by atoms with Crippen molar-refractivity contribution < 1.29 is 19.1 Å². The molecule has 0 bridgehead atoms. The summed E-state index contributed by atoms with van der Waals surface area (Å²) in [5.41, 5.74) is 4.89. The number of benzene rings is 3. The number of likely N-dealkylation sites (tertiary alicyclic amines) is 1. The molecule has 7 nitrogen and oxygen atoms in total. The Kier molecular flexibility index (Phi) is 9.86. The zero-order chi connectivity index (χ0) is 27.6. The first-order valence-corrected chi connectivity index (χ1v) is 13.8. The fourth-order valence-corrected chi connectivity index (χ4v) is 5.09. The molecular formula is C32H37N3O4. The van der Waals surface area contributed by atoms with E-state index < -0.39 is 6.09 Å². The second-order valence-electron chi connectivity index (χ2n) is 9.56. The minimum atomic E-state index is -0.436. The van der Waals surface area contributed by atoms with Crippen LogP contribution in [0.25, 0.3) is 11.1 Å². The maximum atomic E-state index is 12.9. The number of piperidine rings is 1. The summed E-state index contributed by atoms with van der Waals surface area (Å²) >= 11 is 0. The molecule has 1 saturated heterocycles. The van der Waals surface area contributed by atoms with Crippen molar-refractivity contribution in [3.63, 3.8) is 0 Å². The lowest BCUT2D eigenvalue weighted by atomic mass is 9.97. The molecule has 0 aliphatic carbocycles. The van der Waals surface area contributed by atoms with Crippen LogP contribution in [0, 0.1) is 0 Å². The van der Waals surface area contributed by atoms with E-state index in [1.807, 2.05) is 79.4 Å². The number of nitrogens with zero attached hydrogens (tertiary/aromatic N) is 2. The molecule has 204 valence electrons. The molecule has 2 aliphatic heterocycles. The van der Waals surface area contributed by atoms with Crippen LogP contribution in [0.3, 0.4) is 0 Å². The topological polar surface area (TPSA) is 79.0 Å². The van der Waals surface area contributed by atoms with E-state index in [1.54, 1.807) is 12.1 Å². The third kappa shape index (κ3) is 7.12. The van der Waals surface area contributed by atoms with Gasteiger partial charge >= 0.3 is 6.09 Å². The van der Waals surface area contributed by atoms with Crippen molar-refractivity contribution in [2.24, 2.45) is 0 Å². The molecule has 0 unspecified atom stereocenters. The molecule has 7 heteroatoms. The lowest BCUT2D eigenvalue weighted by Gasteiger charge is -2.34. The zero-order valence-corrected chi connectivity index (χ0v) is 22.8. The van der Waals surface area contributed by atoms with Crippen molar-refractivity contribution in [3.05, 3.63) is 89.5 Å².